The normalized spacial score (nSPS) is 19.4. The largest absolute Gasteiger partial charge is 0.463 e. The number of hydrogen-bond donors (Lipinski definition) is 1. The third kappa shape index (κ3) is 2.94. The van der Waals surface area contributed by atoms with Gasteiger partial charge in [-0.25, -0.2) is 18.4 Å². The Balaban J connectivity index is 1.92. The van der Waals surface area contributed by atoms with Crippen LogP contribution in [-0.4, -0.2) is 29.9 Å². The van der Waals surface area contributed by atoms with Crippen LogP contribution in [-0.2, 0) is 21.6 Å². The molecule has 3 rings (SSSR count). The Labute approximate surface area is 152 Å². The molecule has 1 aliphatic heterocycles. The molecule has 3 amide bonds. The minimum absolute atomic E-state index is 0.0533. The van der Waals surface area contributed by atoms with Crippen LogP contribution in [0.3, 0.4) is 0 Å². The predicted octanol–water partition coefficient (Wildman–Crippen LogP) is 2.62. The van der Waals surface area contributed by atoms with Crippen molar-refractivity contribution >= 4 is 17.9 Å². The highest BCUT2D eigenvalue weighted by atomic mass is 19.1. The van der Waals surface area contributed by atoms with Gasteiger partial charge in [-0.2, -0.15) is 0 Å². The maximum Gasteiger partial charge on any atom is 0.374 e. The fourth-order valence-electron chi connectivity index (χ4n) is 3.06. The summed E-state index contributed by atoms with van der Waals surface area (Å²) in [6.07, 6.45) is 0. The van der Waals surface area contributed by atoms with E-state index in [2.05, 4.69) is 10.1 Å². The monoisotopic (exact) mass is 378 g/mol. The Hall–Kier alpha value is -3.23. The number of ether oxygens (including phenoxy) is 1. The number of rotatable bonds is 4. The van der Waals surface area contributed by atoms with Gasteiger partial charge in [0.25, 0.3) is 5.91 Å². The molecule has 7 nitrogen and oxygen atoms in total. The van der Waals surface area contributed by atoms with Crippen LogP contribution < -0.4 is 5.32 Å². The Bertz CT molecular complexity index is 935. The van der Waals surface area contributed by atoms with Crippen molar-refractivity contribution in [2.24, 2.45) is 0 Å². The van der Waals surface area contributed by atoms with E-state index in [1.54, 1.807) is 6.92 Å². The summed E-state index contributed by atoms with van der Waals surface area (Å²) in [5.74, 6) is -3.35. The third-order valence-electron chi connectivity index (χ3n) is 4.39. The Kier molecular flexibility index (Phi) is 4.46. The van der Waals surface area contributed by atoms with Crippen LogP contribution in [0.15, 0.2) is 28.7 Å². The molecule has 1 saturated heterocycles. The summed E-state index contributed by atoms with van der Waals surface area (Å²) in [7, 11) is 1.19. The summed E-state index contributed by atoms with van der Waals surface area (Å²) < 4.78 is 38.2. The summed E-state index contributed by atoms with van der Waals surface area (Å²) in [4.78, 5) is 37.5. The molecule has 1 N–H and O–H groups in total. The van der Waals surface area contributed by atoms with Gasteiger partial charge in [0.2, 0.25) is 5.76 Å². The smallest absolute Gasteiger partial charge is 0.374 e. The summed E-state index contributed by atoms with van der Waals surface area (Å²) in [5, 5.41) is 2.33. The molecule has 1 unspecified atom stereocenters. The van der Waals surface area contributed by atoms with E-state index in [0.717, 1.165) is 23.1 Å². The van der Waals surface area contributed by atoms with E-state index in [9.17, 15) is 23.2 Å². The lowest BCUT2D eigenvalue weighted by molar-refractivity contribution is -0.131. The second kappa shape index (κ2) is 6.49. The quantitative estimate of drug-likeness (QED) is 0.653. The minimum Gasteiger partial charge on any atom is -0.463 e. The minimum atomic E-state index is -1.90. The molecule has 2 heterocycles. The predicted molar refractivity (Wildman–Crippen MR) is 87.6 cm³/mol. The van der Waals surface area contributed by atoms with Crippen molar-refractivity contribution in [2.75, 3.05) is 7.11 Å². The molecule has 1 fully saturated rings. The van der Waals surface area contributed by atoms with Gasteiger partial charge in [-0.1, -0.05) is 6.07 Å². The van der Waals surface area contributed by atoms with Gasteiger partial charge in [0.15, 0.2) is 0 Å². The first-order chi connectivity index (χ1) is 12.7. The molecule has 0 radical (unpaired) electrons. The molecule has 0 bridgehead atoms. The van der Waals surface area contributed by atoms with Crippen LogP contribution in [0.4, 0.5) is 13.6 Å². The molecular weight excluding hydrogens is 362 g/mol. The number of carbonyl (C=O) groups excluding carboxylic acids is 3. The molecule has 2 aromatic rings. The van der Waals surface area contributed by atoms with Crippen LogP contribution in [0.5, 0.6) is 0 Å². The number of carbonyl (C=O) groups is 3. The van der Waals surface area contributed by atoms with E-state index in [1.165, 1.54) is 20.1 Å². The lowest BCUT2D eigenvalue weighted by atomic mass is 9.91. The summed E-state index contributed by atoms with van der Waals surface area (Å²) in [6.45, 7) is 2.51. The molecule has 0 aliphatic carbocycles. The van der Waals surface area contributed by atoms with Crippen molar-refractivity contribution in [3.05, 3.63) is 58.5 Å². The zero-order valence-electron chi connectivity index (χ0n) is 14.8. The number of halogens is 2. The second-order valence-electron chi connectivity index (χ2n) is 6.26. The first kappa shape index (κ1) is 18.6. The molecule has 142 valence electrons. The molecule has 9 heteroatoms. The van der Waals surface area contributed by atoms with E-state index in [-0.39, 0.29) is 18.1 Å². The Morgan fingerprint density at radius 1 is 1.30 bits per heavy atom. The van der Waals surface area contributed by atoms with Gasteiger partial charge in [-0.3, -0.25) is 9.69 Å². The summed E-state index contributed by atoms with van der Waals surface area (Å²) in [5.41, 5.74) is -1.98. The number of nitrogens with zero attached hydrogens (tertiary/aromatic N) is 1. The average Bonchev–Trinajstić information content (AvgIpc) is 3.07. The molecule has 27 heavy (non-hydrogen) atoms. The van der Waals surface area contributed by atoms with E-state index >= 15 is 0 Å². The summed E-state index contributed by atoms with van der Waals surface area (Å²) >= 11 is 0. The Morgan fingerprint density at radius 3 is 2.52 bits per heavy atom. The SMILES string of the molecule is COC(=O)c1oc(CN2C(=O)NC(C)(c3c(F)cccc3F)C2=O)cc1C. The van der Waals surface area contributed by atoms with Crippen molar-refractivity contribution in [2.45, 2.75) is 25.9 Å². The molecule has 0 saturated carbocycles. The number of aryl methyl sites for hydroxylation is 1. The highest BCUT2D eigenvalue weighted by Crippen LogP contribution is 2.33. The van der Waals surface area contributed by atoms with Gasteiger partial charge >= 0.3 is 12.0 Å². The third-order valence-corrected chi connectivity index (χ3v) is 4.39. The lowest BCUT2D eigenvalue weighted by Gasteiger charge is -2.23. The number of amides is 3. The van der Waals surface area contributed by atoms with Crippen molar-refractivity contribution in [1.82, 2.24) is 10.2 Å². The number of hydrogen-bond acceptors (Lipinski definition) is 5. The maximum atomic E-state index is 14.2. The average molecular weight is 378 g/mol. The van der Waals surface area contributed by atoms with Crippen LogP contribution in [0.1, 0.15) is 34.4 Å². The number of urea groups is 1. The number of esters is 1. The van der Waals surface area contributed by atoms with Crippen LogP contribution in [0, 0.1) is 18.6 Å². The fraction of sp³-hybridized carbons (Fsp3) is 0.278. The number of benzene rings is 1. The number of furan rings is 1. The van der Waals surface area contributed by atoms with E-state index < -0.39 is 40.6 Å². The molecule has 1 atom stereocenters. The molecule has 0 spiro atoms. The second-order valence-corrected chi connectivity index (χ2v) is 6.26. The van der Waals surface area contributed by atoms with E-state index in [1.807, 2.05) is 0 Å². The standard InChI is InChI=1S/C18H16F2N2O5/c1-9-7-10(27-14(9)15(23)26-3)8-22-16(24)18(2,21-17(22)25)13-11(19)5-4-6-12(13)20/h4-7H,8H2,1-3H3,(H,21,25). The van der Waals surface area contributed by atoms with Crippen molar-refractivity contribution < 1.29 is 32.3 Å². The molecule has 1 aliphatic rings. The number of nitrogens with one attached hydrogen (secondary N) is 1. The maximum absolute atomic E-state index is 14.2. The van der Waals surface area contributed by atoms with Gasteiger partial charge in [-0.15, -0.1) is 0 Å². The van der Waals surface area contributed by atoms with Gasteiger partial charge in [0.05, 0.1) is 19.2 Å². The van der Waals surface area contributed by atoms with E-state index in [0.29, 0.717) is 5.56 Å². The van der Waals surface area contributed by atoms with Crippen LogP contribution in [0.25, 0.3) is 0 Å². The Morgan fingerprint density at radius 2 is 1.93 bits per heavy atom. The van der Waals surface area contributed by atoms with Gasteiger partial charge in [-0.05, 0) is 32.0 Å². The van der Waals surface area contributed by atoms with Crippen LogP contribution >= 0.6 is 0 Å². The molecule has 1 aromatic heterocycles. The zero-order valence-corrected chi connectivity index (χ0v) is 14.8. The first-order valence-corrected chi connectivity index (χ1v) is 7.95. The lowest BCUT2D eigenvalue weighted by Crippen LogP contribution is -2.42. The van der Waals surface area contributed by atoms with Gasteiger partial charge in [0.1, 0.15) is 22.9 Å². The van der Waals surface area contributed by atoms with Gasteiger partial charge in [0, 0.05) is 5.56 Å². The number of methoxy groups -OCH3 is 1. The van der Waals surface area contributed by atoms with Crippen molar-refractivity contribution in [3.63, 3.8) is 0 Å². The molecule has 1 aromatic carbocycles. The van der Waals surface area contributed by atoms with Crippen molar-refractivity contribution in [1.29, 1.82) is 0 Å². The highest BCUT2D eigenvalue weighted by Gasteiger charge is 2.51. The van der Waals surface area contributed by atoms with Gasteiger partial charge < -0.3 is 14.5 Å². The summed E-state index contributed by atoms with van der Waals surface area (Å²) in [6, 6.07) is 3.82. The first-order valence-electron chi connectivity index (χ1n) is 7.95. The van der Waals surface area contributed by atoms with Crippen LogP contribution in [0.2, 0.25) is 0 Å². The zero-order chi connectivity index (χ0) is 19.9. The van der Waals surface area contributed by atoms with Crippen molar-refractivity contribution in [3.8, 4) is 0 Å². The van der Waals surface area contributed by atoms with E-state index in [4.69, 9.17) is 4.42 Å². The topological polar surface area (TPSA) is 88.8 Å². The number of imide groups is 1. The fourth-order valence-corrected chi connectivity index (χ4v) is 3.06. The molecular formula is C18H16F2N2O5. The highest BCUT2D eigenvalue weighted by molar-refractivity contribution is 6.07.